The number of nitrogens with two attached hydrogens (primary N) is 1. The molecule has 8 heteroatoms. The van der Waals surface area contributed by atoms with Crippen molar-refractivity contribution in [3.63, 3.8) is 0 Å². The quantitative estimate of drug-likeness (QED) is 0.443. The molecular formula is C12H19N7O. The number of hydrogen-bond acceptors (Lipinski definition) is 6. The third-order valence-electron chi connectivity index (χ3n) is 2.65. The topological polar surface area (TPSA) is 109 Å². The number of hydrogen-bond donors (Lipinski definition) is 4. The van der Waals surface area contributed by atoms with Crippen molar-refractivity contribution in [1.82, 2.24) is 19.7 Å². The molecule has 2 heterocycles. The molecule has 8 nitrogen and oxygen atoms in total. The first-order valence-corrected chi connectivity index (χ1v) is 6.41. The first kappa shape index (κ1) is 14.1. The lowest BCUT2D eigenvalue weighted by molar-refractivity contribution is -0.119. The summed E-state index contributed by atoms with van der Waals surface area (Å²) in [6, 6.07) is 0. The van der Waals surface area contributed by atoms with Gasteiger partial charge in [0.25, 0.3) is 0 Å². The number of imidazole rings is 1. The maximum Gasteiger partial charge on any atom is 0.239 e. The number of aromatic nitrogens is 3. The molecule has 0 saturated carbocycles. The zero-order chi connectivity index (χ0) is 14.5. The molecule has 0 bridgehead atoms. The van der Waals surface area contributed by atoms with Crippen LogP contribution in [0, 0.1) is 5.92 Å². The van der Waals surface area contributed by atoms with Crippen LogP contribution < -0.4 is 21.9 Å². The summed E-state index contributed by atoms with van der Waals surface area (Å²) in [6.45, 7) is 4.87. The number of hydrazine groups is 1. The Bertz CT molecular complexity index is 593. The van der Waals surface area contributed by atoms with Gasteiger partial charge in [-0.1, -0.05) is 13.8 Å². The number of carbonyl (C=O) groups is 1. The predicted octanol–water partition coefficient (Wildman–Crippen LogP) is 0.199. The molecule has 2 aromatic heterocycles. The minimum absolute atomic E-state index is 0.0867. The van der Waals surface area contributed by atoms with Gasteiger partial charge in [0.15, 0.2) is 17.3 Å². The number of anilines is 2. The fourth-order valence-corrected chi connectivity index (χ4v) is 1.66. The van der Waals surface area contributed by atoms with Crippen molar-refractivity contribution in [3.05, 3.63) is 18.6 Å². The Morgan fingerprint density at radius 1 is 1.50 bits per heavy atom. The van der Waals surface area contributed by atoms with Gasteiger partial charge in [-0.2, -0.15) is 0 Å². The van der Waals surface area contributed by atoms with Crippen molar-refractivity contribution < 1.29 is 4.79 Å². The average Bonchev–Trinajstić information content (AvgIpc) is 2.90. The van der Waals surface area contributed by atoms with Crippen LogP contribution in [0.3, 0.4) is 0 Å². The third-order valence-corrected chi connectivity index (χ3v) is 2.65. The van der Waals surface area contributed by atoms with E-state index in [0.29, 0.717) is 29.7 Å². The van der Waals surface area contributed by atoms with Crippen molar-refractivity contribution in [2.24, 2.45) is 11.8 Å². The highest BCUT2D eigenvalue weighted by molar-refractivity contribution is 5.81. The zero-order valence-electron chi connectivity index (χ0n) is 11.6. The number of amides is 1. The highest BCUT2D eigenvalue weighted by Gasteiger charge is 2.09. The minimum atomic E-state index is -0.0867. The number of carbonyl (C=O) groups excluding carboxylic acids is 1. The Morgan fingerprint density at radius 2 is 2.30 bits per heavy atom. The van der Waals surface area contributed by atoms with E-state index in [1.54, 1.807) is 23.0 Å². The maximum atomic E-state index is 11.7. The minimum Gasteiger partial charge on any atom is -0.358 e. The Hall–Kier alpha value is -2.35. The van der Waals surface area contributed by atoms with Gasteiger partial charge in [-0.25, -0.2) is 15.8 Å². The van der Waals surface area contributed by atoms with Crippen LogP contribution in [-0.4, -0.2) is 33.4 Å². The Kier molecular flexibility index (Phi) is 4.36. The Morgan fingerprint density at radius 3 is 3.00 bits per heavy atom. The van der Waals surface area contributed by atoms with Crippen LogP contribution in [0.25, 0.3) is 5.65 Å². The fraction of sp³-hybridized carbons (Fsp3) is 0.417. The van der Waals surface area contributed by atoms with Crippen LogP contribution in [0.5, 0.6) is 0 Å². The number of nitrogens with zero attached hydrogens (tertiary/aromatic N) is 3. The van der Waals surface area contributed by atoms with Crippen LogP contribution in [-0.2, 0) is 4.79 Å². The lowest BCUT2D eigenvalue weighted by Gasteiger charge is -2.10. The van der Waals surface area contributed by atoms with Gasteiger partial charge in [-0.3, -0.25) is 4.79 Å². The molecule has 20 heavy (non-hydrogen) atoms. The number of fused-ring (bicyclic) bond motifs is 1. The van der Waals surface area contributed by atoms with Gasteiger partial charge in [-0.05, 0) is 5.92 Å². The van der Waals surface area contributed by atoms with Gasteiger partial charge in [0.05, 0.1) is 12.7 Å². The second-order valence-corrected chi connectivity index (χ2v) is 4.83. The zero-order valence-corrected chi connectivity index (χ0v) is 11.6. The van der Waals surface area contributed by atoms with Gasteiger partial charge in [-0.15, -0.1) is 0 Å². The summed E-state index contributed by atoms with van der Waals surface area (Å²) in [6.07, 6.45) is 5.15. The van der Waals surface area contributed by atoms with Gasteiger partial charge < -0.3 is 20.5 Å². The maximum absolute atomic E-state index is 11.7. The largest absolute Gasteiger partial charge is 0.358 e. The molecule has 0 saturated heterocycles. The van der Waals surface area contributed by atoms with E-state index in [2.05, 4.69) is 26.0 Å². The molecule has 2 aromatic rings. The molecule has 0 aliphatic rings. The molecular weight excluding hydrogens is 258 g/mol. The van der Waals surface area contributed by atoms with Gasteiger partial charge in [0.2, 0.25) is 5.91 Å². The Balaban J connectivity index is 2.05. The SMILES string of the molecule is CC(C)CNC(=O)CNc1nc(NN)cn2ccnc12. The molecule has 5 N–H and O–H groups in total. The van der Waals surface area contributed by atoms with Gasteiger partial charge >= 0.3 is 0 Å². The molecule has 2 rings (SSSR count). The van der Waals surface area contributed by atoms with E-state index in [1.807, 2.05) is 13.8 Å². The summed E-state index contributed by atoms with van der Waals surface area (Å²) in [5.41, 5.74) is 3.12. The number of nitrogen functional groups attached to an aromatic ring is 1. The molecule has 108 valence electrons. The molecule has 0 aliphatic carbocycles. The van der Waals surface area contributed by atoms with Crippen LogP contribution in [0.2, 0.25) is 0 Å². The van der Waals surface area contributed by atoms with Gasteiger partial charge in [0, 0.05) is 18.9 Å². The molecule has 0 spiro atoms. The fourth-order valence-electron chi connectivity index (χ4n) is 1.66. The van der Waals surface area contributed by atoms with E-state index >= 15 is 0 Å². The van der Waals surface area contributed by atoms with E-state index < -0.39 is 0 Å². The molecule has 0 unspecified atom stereocenters. The average molecular weight is 277 g/mol. The lowest BCUT2D eigenvalue weighted by atomic mass is 10.2. The van der Waals surface area contributed by atoms with Crippen molar-refractivity contribution >= 4 is 23.2 Å². The molecule has 1 amide bonds. The summed E-state index contributed by atoms with van der Waals surface area (Å²) >= 11 is 0. The number of nitrogens with one attached hydrogen (secondary N) is 3. The highest BCUT2D eigenvalue weighted by atomic mass is 16.1. The monoisotopic (exact) mass is 277 g/mol. The van der Waals surface area contributed by atoms with Crippen molar-refractivity contribution in [3.8, 4) is 0 Å². The second-order valence-electron chi connectivity index (χ2n) is 4.83. The van der Waals surface area contributed by atoms with E-state index in [9.17, 15) is 4.79 Å². The third kappa shape index (κ3) is 3.35. The summed E-state index contributed by atoms with van der Waals surface area (Å²) in [5.74, 6) is 6.68. The van der Waals surface area contributed by atoms with Crippen LogP contribution >= 0.6 is 0 Å². The molecule has 0 fully saturated rings. The normalized spacial score (nSPS) is 10.8. The van der Waals surface area contributed by atoms with Crippen LogP contribution in [0.15, 0.2) is 18.6 Å². The lowest BCUT2D eigenvalue weighted by Crippen LogP contribution is -2.32. The Labute approximate surface area is 116 Å². The van der Waals surface area contributed by atoms with E-state index in [-0.39, 0.29) is 12.5 Å². The summed E-state index contributed by atoms with van der Waals surface area (Å²) in [5, 5.41) is 5.80. The van der Waals surface area contributed by atoms with E-state index in [4.69, 9.17) is 5.84 Å². The summed E-state index contributed by atoms with van der Waals surface area (Å²) in [4.78, 5) is 20.1. The van der Waals surface area contributed by atoms with Crippen LogP contribution in [0.1, 0.15) is 13.8 Å². The summed E-state index contributed by atoms with van der Waals surface area (Å²) in [7, 11) is 0. The highest BCUT2D eigenvalue weighted by Crippen LogP contribution is 2.15. The van der Waals surface area contributed by atoms with E-state index in [1.165, 1.54) is 0 Å². The van der Waals surface area contributed by atoms with E-state index in [0.717, 1.165) is 0 Å². The predicted molar refractivity (Wildman–Crippen MR) is 77.1 cm³/mol. The van der Waals surface area contributed by atoms with Crippen molar-refractivity contribution in [2.75, 3.05) is 23.8 Å². The molecule has 0 aromatic carbocycles. The standard InChI is InChI=1S/C12H19N7O/c1-8(2)5-15-10(20)6-16-11-12-14-3-4-19(12)7-9(17-11)18-13/h3-4,7-8,18H,5-6,13H2,1-2H3,(H,15,20)(H,16,17). The summed E-state index contributed by atoms with van der Waals surface area (Å²) < 4.78 is 1.77. The molecule has 0 radical (unpaired) electrons. The number of rotatable bonds is 6. The molecule has 0 atom stereocenters. The smallest absolute Gasteiger partial charge is 0.239 e. The van der Waals surface area contributed by atoms with Crippen molar-refractivity contribution in [2.45, 2.75) is 13.8 Å². The van der Waals surface area contributed by atoms with Gasteiger partial charge in [0.1, 0.15) is 0 Å². The molecule has 0 aliphatic heterocycles. The van der Waals surface area contributed by atoms with Crippen LogP contribution in [0.4, 0.5) is 11.6 Å². The first-order chi connectivity index (χ1) is 9.60. The second kappa shape index (κ2) is 6.20. The first-order valence-electron chi connectivity index (χ1n) is 6.41. The van der Waals surface area contributed by atoms with Crippen molar-refractivity contribution in [1.29, 1.82) is 0 Å².